The second-order valence-corrected chi connectivity index (χ2v) is 8.44. The van der Waals surface area contributed by atoms with Gasteiger partial charge in [-0.15, -0.1) is 10.2 Å². The predicted octanol–water partition coefficient (Wildman–Crippen LogP) is 5.35. The van der Waals surface area contributed by atoms with Crippen molar-refractivity contribution in [3.05, 3.63) is 83.1 Å². The van der Waals surface area contributed by atoms with Crippen molar-refractivity contribution in [1.82, 2.24) is 14.8 Å². The molecule has 0 atom stereocenters. The Labute approximate surface area is 171 Å². The average Bonchev–Trinajstić information content (AvgIpc) is 3.33. The molecule has 0 fully saturated rings. The summed E-state index contributed by atoms with van der Waals surface area (Å²) in [6.45, 7) is 4.14. The van der Waals surface area contributed by atoms with Gasteiger partial charge in [-0.2, -0.15) is 0 Å². The van der Waals surface area contributed by atoms with E-state index in [0.717, 1.165) is 20.6 Å². The molecule has 1 N–H and O–H groups in total. The Morgan fingerprint density at radius 1 is 0.964 bits per heavy atom. The van der Waals surface area contributed by atoms with Gasteiger partial charge in [0.05, 0.1) is 0 Å². The van der Waals surface area contributed by atoms with Crippen LogP contribution in [0.15, 0.2) is 75.4 Å². The second kappa shape index (κ2) is 8.00. The third-order valence-corrected chi connectivity index (χ3v) is 6.10. The quantitative estimate of drug-likeness (QED) is 0.485. The summed E-state index contributed by atoms with van der Waals surface area (Å²) in [5.74, 6) is -0.128. The first-order chi connectivity index (χ1) is 13.6. The first-order valence-corrected chi connectivity index (χ1v) is 10.4. The van der Waals surface area contributed by atoms with E-state index >= 15 is 0 Å². The van der Waals surface area contributed by atoms with Crippen LogP contribution in [-0.2, 0) is 0 Å². The van der Waals surface area contributed by atoms with Crippen LogP contribution in [0.5, 0.6) is 0 Å². The van der Waals surface area contributed by atoms with Crippen LogP contribution in [0, 0.1) is 13.8 Å². The van der Waals surface area contributed by atoms with Gasteiger partial charge in [-0.1, -0.05) is 23.1 Å². The fourth-order valence-corrected chi connectivity index (χ4v) is 4.41. The van der Waals surface area contributed by atoms with Crippen LogP contribution in [0.4, 0.5) is 5.69 Å². The van der Waals surface area contributed by atoms with Gasteiger partial charge in [0.25, 0.3) is 5.91 Å². The first-order valence-electron chi connectivity index (χ1n) is 8.71. The lowest BCUT2D eigenvalue weighted by molar-refractivity contribution is 0.102. The molecule has 28 heavy (non-hydrogen) atoms. The van der Waals surface area contributed by atoms with Gasteiger partial charge in [0, 0.05) is 33.2 Å². The number of carbonyl (C=O) groups excluding carboxylic acids is 1. The Kier molecular flexibility index (Phi) is 5.27. The number of nitrogens with zero attached hydrogens (tertiary/aromatic N) is 3. The van der Waals surface area contributed by atoms with Crippen molar-refractivity contribution in [2.24, 2.45) is 0 Å². The molecule has 0 unspecified atom stereocenters. The zero-order valence-corrected chi connectivity index (χ0v) is 17.1. The van der Waals surface area contributed by atoms with E-state index in [4.69, 9.17) is 0 Å². The number of hydrogen-bond acceptors (Lipinski definition) is 5. The monoisotopic (exact) mass is 406 g/mol. The molecule has 2 heterocycles. The van der Waals surface area contributed by atoms with Gasteiger partial charge in [0.15, 0.2) is 4.34 Å². The zero-order valence-electron chi connectivity index (χ0n) is 15.4. The molecule has 0 aliphatic carbocycles. The van der Waals surface area contributed by atoms with Gasteiger partial charge in [-0.25, -0.2) is 0 Å². The topological polar surface area (TPSA) is 59.8 Å². The van der Waals surface area contributed by atoms with Crippen LogP contribution in [0.1, 0.15) is 21.7 Å². The lowest BCUT2D eigenvalue weighted by Crippen LogP contribution is -2.12. The molecule has 7 heteroatoms. The van der Waals surface area contributed by atoms with E-state index in [1.165, 1.54) is 22.7 Å². The van der Waals surface area contributed by atoms with Crippen LogP contribution >= 0.6 is 23.1 Å². The molecule has 4 rings (SSSR count). The fourth-order valence-electron chi connectivity index (χ4n) is 2.96. The summed E-state index contributed by atoms with van der Waals surface area (Å²) in [4.78, 5) is 13.6. The van der Waals surface area contributed by atoms with Gasteiger partial charge in [-0.3, -0.25) is 4.79 Å². The lowest BCUT2D eigenvalue weighted by atomic mass is 10.2. The number of anilines is 1. The maximum Gasteiger partial charge on any atom is 0.255 e. The largest absolute Gasteiger partial charge is 0.322 e. The van der Waals surface area contributed by atoms with Gasteiger partial charge in [0.2, 0.25) is 0 Å². The highest BCUT2D eigenvalue weighted by molar-refractivity contribution is 8.01. The minimum atomic E-state index is -0.128. The van der Waals surface area contributed by atoms with Crippen molar-refractivity contribution in [3.8, 4) is 5.69 Å². The SMILES string of the molecule is Cc1ccc(C)n1-c1ccc(C(=O)Nc2ccc(Sc3nncs3)cc2)cc1. The molecule has 1 amide bonds. The average molecular weight is 407 g/mol. The maximum atomic E-state index is 12.5. The molecule has 4 aromatic rings. The van der Waals surface area contributed by atoms with Crippen LogP contribution in [0.2, 0.25) is 0 Å². The molecule has 0 spiro atoms. The van der Waals surface area contributed by atoms with Crippen molar-refractivity contribution in [3.63, 3.8) is 0 Å². The van der Waals surface area contributed by atoms with Crippen LogP contribution in [-0.4, -0.2) is 20.7 Å². The Balaban J connectivity index is 1.43. The van der Waals surface area contributed by atoms with E-state index in [-0.39, 0.29) is 5.91 Å². The van der Waals surface area contributed by atoms with E-state index in [9.17, 15) is 4.79 Å². The summed E-state index contributed by atoms with van der Waals surface area (Å²) in [5.41, 5.74) is 6.48. The third kappa shape index (κ3) is 4.00. The lowest BCUT2D eigenvalue weighted by Gasteiger charge is -2.11. The molecule has 0 saturated carbocycles. The number of amides is 1. The highest BCUT2D eigenvalue weighted by Gasteiger charge is 2.09. The van der Waals surface area contributed by atoms with E-state index in [0.29, 0.717) is 5.56 Å². The van der Waals surface area contributed by atoms with Gasteiger partial charge in [-0.05, 0) is 74.5 Å². The molecule has 2 aromatic carbocycles. The molecule has 0 aliphatic rings. The van der Waals surface area contributed by atoms with Crippen LogP contribution in [0.25, 0.3) is 5.69 Å². The normalized spacial score (nSPS) is 10.8. The molecular weight excluding hydrogens is 388 g/mol. The Hall–Kier alpha value is -2.90. The predicted molar refractivity (Wildman–Crippen MR) is 114 cm³/mol. The molecule has 0 bridgehead atoms. The summed E-state index contributed by atoms with van der Waals surface area (Å²) in [5, 5.41) is 10.8. The number of benzene rings is 2. The van der Waals surface area contributed by atoms with Crippen molar-refractivity contribution < 1.29 is 4.79 Å². The van der Waals surface area contributed by atoms with Crippen molar-refractivity contribution in [2.75, 3.05) is 5.32 Å². The number of aromatic nitrogens is 3. The summed E-state index contributed by atoms with van der Waals surface area (Å²) in [6.07, 6.45) is 0. The summed E-state index contributed by atoms with van der Waals surface area (Å²) in [7, 11) is 0. The van der Waals surface area contributed by atoms with Crippen molar-refractivity contribution in [2.45, 2.75) is 23.1 Å². The van der Waals surface area contributed by atoms with Crippen LogP contribution in [0.3, 0.4) is 0 Å². The minimum Gasteiger partial charge on any atom is -0.322 e. The van der Waals surface area contributed by atoms with Gasteiger partial charge < -0.3 is 9.88 Å². The molecule has 5 nitrogen and oxygen atoms in total. The zero-order chi connectivity index (χ0) is 19.5. The number of hydrogen-bond donors (Lipinski definition) is 1. The van der Waals surface area contributed by atoms with E-state index in [1.54, 1.807) is 17.3 Å². The van der Waals surface area contributed by atoms with Gasteiger partial charge >= 0.3 is 0 Å². The Morgan fingerprint density at radius 3 is 2.25 bits per heavy atom. The molecule has 140 valence electrons. The van der Waals surface area contributed by atoms with Gasteiger partial charge in [0.1, 0.15) is 5.51 Å². The first kappa shape index (κ1) is 18.5. The summed E-state index contributed by atoms with van der Waals surface area (Å²) < 4.78 is 3.06. The maximum absolute atomic E-state index is 12.5. The third-order valence-electron chi connectivity index (χ3n) is 4.32. The summed E-state index contributed by atoms with van der Waals surface area (Å²) in [6, 6.07) is 19.5. The standard InChI is InChI=1S/C21H18N4OS2/c1-14-3-4-15(2)25(14)18-9-5-16(6-10-18)20(26)23-17-7-11-19(12-8-17)28-21-24-22-13-27-21/h3-13H,1-2H3,(H,23,26). The molecule has 0 radical (unpaired) electrons. The minimum absolute atomic E-state index is 0.128. The van der Waals surface area contributed by atoms with E-state index in [2.05, 4.69) is 46.1 Å². The number of nitrogens with one attached hydrogen (secondary N) is 1. The smallest absolute Gasteiger partial charge is 0.255 e. The highest BCUT2D eigenvalue weighted by Crippen LogP contribution is 2.29. The highest BCUT2D eigenvalue weighted by atomic mass is 32.2. The molecule has 0 saturated heterocycles. The summed E-state index contributed by atoms with van der Waals surface area (Å²) >= 11 is 3.05. The fraction of sp³-hybridized carbons (Fsp3) is 0.0952. The number of rotatable bonds is 5. The van der Waals surface area contributed by atoms with E-state index < -0.39 is 0 Å². The second-order valence-electron chi connectivity index (χ2n) is 6.28. The molecule has 0 aliphatic heterocycles. The Morgan fingerprint density at radius 2 is 1.64 bits per heavy atom. The molecule has 2 aromatic heterocycles. The number of aryl methyl sites for hydroxylation is 2. The van der Waals surface area contributed by atoms with Crippen LogP contribution < -0.4 is 5.32 Å². The van der Waals surface area contributed by atoms with Crippen molar-refractivity contribution >= 4 is 34.7 Å². The Bertz CT molecular complexity index is 1070. The van der Waals surface area contributed by atoms with Crippen molar-refractivity contribution in [1.29, 1.82) is 0 Å². The number of carbonyl (C=O) groups is 1. The van der Waals surface area contributed by atoms with E-state index in [1.807, 2.05) is 48.5 Å². The molecular formula is C21H18N4OS2.